The topological polar surface area (TPSA) is 68.0 Å². The molecule has 0 aliphatic carbocycles. The summed E-state index contributed by atoms with van der Waals surface area (Å²) in [5.41, 5.74) is 0.656. The van der Waals surface area contributed by atoms with Crippen LogP contribution in [0.2, 0.25) is 0 Å². The maximum absolute atomic E-state index is 10.7. The summed E-state index contributed by atoms with van der Waals surface area (Å²) < 4.78 is 2.04. The normalized spacial score (nSPS) is 11.7. The lowest BCUT2D eigenvalue weighted by molar-refractivity contribution is -0.133. The number of hydrogen-bond acceptors (Lipinski definition) is 5. The Morgan fingerprint density at radius 1 is 1.53 bits per heavy atom. The van der Waals surface area contributed by atoms with E-state index in [1.54, 1.807) is 23.7 Å². The number of aryl methyl sites for hydroxylation is 1. The van der Waals surface area contributed by atoms with Crippen molar-refractivity contribution in [3.05, 3.63) is 28.5 Å². The van der Waals surface area contributed by atoms with Gasteiger partial charge in [-0.15, -0.1) is 11.3 Å². The lowest BCUT2D eigenvalue weighted by Gasteiger charge is -2.27. The van der Waals surface area contributed by atoms with E-state index in [0.717, 1.165) is 10.7 Å². The van der Waals surface area contributed by atoms with Crippen LogP contribution in [0.15, 0.2) is 22.9 Å². The van der Waals surface area contributed by atoms with Crippen molar-refractivity contribution in [1.82, 2.24) is 14.5 Å². The molecule has 0 radical (unpaired) electrons. The lowest BCUT2D eigenvalue weighted by atomic mass is 10.1. The van der Waals surface area contributed by atoms with E-state index in [4.69, 9.17) is 5.11 Å². The monoisotopic (exact) mass is 297 g/mol. The van der Waals surface area contributed by atoms with Crippen LogP contribution in [0, 0.1) is 6.92 Å². The average Bonchev–Trinajstić information content (AvgIpc) is 2.95. The van der Waals surface area contributed by atoms with Gasteiger partial charge in [-0.25, -0.2) is 9.97 Å². The Morgan fingerprint density at radius 2 is 2.26 bits per heavy atom. The smallest absolute Gasteiger partial charge is 0.313 e. The zero-order valence-electron chi connectivity index (χ0n) is 11.0. The van der Waals surface area contributed by atoms with Crippen molar-refractivity contribution in [2.75, 3.05) is 5.75 Å². The third-order valence-electron chi connectivity index (χ3n) is 2.75. The molecule has 5 nitrogen and oxygen atoms in total. The van der Waals surface area contributed by atoms with Crippen molar-refractivity contribution < 1.29 is 9.90 Å². The van der Waals surface area contributed by atoms with Gasteiger partial charge in [0, 0.05) is 23.5 Å². The number of aliphatic carboxylic acids is 1. The number of carboxylic acids is 1. The predicted octanol–water partition coefficient (Wildman–Crippen LogP) is 2.61. The van der Waals surface area contributed by atoms with E-state index in [9.17, 15) is 4.79 Å². The maximum atomic E-state index is 10.7. The molecule has 0 atom stereocenters. The lowest BCUT2D eigenvalue weighted by Crippen LogP contribution is -2.29. The summed E-state index contributed by atoms with van der Waals surface area (Å²) in [5.74, 6) is -0.839. The number of nitrogens with zero attached hydrogens (tertiary/aromatic N) is 3. The average molecular weight is 297 g/mol. The second-order valence-corrected chi connectivity index (χ2v) is 6.43. The van der Waals surface area contributed by atoms with Gasteiger partial charge in [-0.1, -0.05) is 11.8 Å². The summed E-state index contributed by atoms with van der Waals surface area (Å²) in [7, 11) is 0. The molecule has 1 N–H and O–H groups in total. The van der Waals surface area contributed by atoms with Gasteiger partial charge in [0.05, 0.1) is 11.3 Å². The van der Waals surface area contributed by atoms with E-state index in [0.29, 0.717) is 5.16 Å². The van der Waals surface area contributed by atoms with Gasteiger partial charge in [0.1, 0.15) is 5.01 Å². The third-order valence-corrected chi connectivity index (χ3v) is 4.77. The quantitative estimate of drug-likeness (QED) is 0.859. The molecule has 102 valence electrons. The molecule has 0 aliphatic heterocycles. The van der Waals surface area contributed by atoms with Gasteiger partial charge in [-0.05, 0) is 20.8 Å². The first-order valence-electron chi connectivity index (χ1n) is 5.72. The van der Waals surface area contributed by atoms with Crippen LogP contribution in [0.25, 0.3) is 0 Å². The van der Waals surface area contributed by atoms with Crippen LogP contribution in [0.5, 0.6) is 0 Å². The summed E-state index contributed by atoms with van der Waals surface area (Å²) in [6, 6.07) is 0. The highest BCUT2D eigenvalue weighted by Crippen LogP contribution is 2.33. The van der Waals surface area contributed by atoms with Crippen molar-refractivity contribution in [3.63, 3.8) is 0 Å². The van der Waals surface area contributed by atoms with E-state index in [-0.39, 0.29) is 11.3 Å². The molecule has 0 aromatic carbocycles. The molecule has 7 heteroatoms. The van der Waals surface area contributed by atoms with E-state index in [2.05, 4.69) is 23.8 Å². The number of thioether (sulfide) groups is 1. The van der Waals surface area contributed by atoms with Crippen LogP contribution in [0.4, 0.5) is 0 Å². The van der Waals surface area contributed by atoms with Crippen molar-refractivity contribution in [2.24, 2.45) is 0 Å². The van der Waals surface area contributed by atoms with Crippen LogP contribution in [0.1, 0.15) is 24.5 Å². The van der Waals surface area contributed by atoms with Crippen molar-refractivity contribution in [2.45, 2.75) is 31.5 Å². The highest BCUT2D eigenvalue weighted by molar-refractivity contribution is 7.99. The number of carboxylic acid groups (broad SMARTS) is 1. The fraction of sp³-hybridized carbons (Fsp3) is 0.417. The molecule has 0 saturated heterocycles. The Bertz CT molecular complexity index is 576. The second-order valence-electron chi connectivity index (χ2n) is 4.60. The number of rotatable bonds is 5. The fourth-order valence-corrected chi connectivity index (χ4v) is 3.58. The van der Waals surface area contributed by atoms with Gasteiger partial charge < -0.3 is 9.67 Å². The SMILES string of the molecule is Cc1cnc(SCC(=O)O)n1C(C)(C)c1nccs1. The predicted molar refractivity (Wildman–Crippen MR) is 75.9 cm³/mol. The second kappa shape index (κ2) is 5.34. The molecular weight excluding hydrogens is 282 g/mol. The molecule has 0 bridgehead atoms. The number of aromatic nitrogens is 3. The first-order valence-corrected chi connectivity index (χ1v) is 7.59. The minimum absolute atomic E-state index is 0.00437. The summed E-state index contributed by atoms with van der Waals surface area (Å²) in [6.07, 6.45) is 3.54. The Balaban J connectivity index is 2.38. The maximum Gasteiger partial charge on any atom is 0.313 e. The van der Waals surface area contributed by atoms with Gasteiger partial charge in [0.2, 0.25) is 0 Å². The van der Waals surface area contributed by atoms with E-state index in [1.165, 1.54) is 11.8 Å². The van der Waals surface area contributed by atoms with Gasteiger partial charge in [-0.3, -0.25) is 4.79 Å². The molecule has 2 rings (SSSR count). The number of hydrogen-bond donors (Lipinski definition) is 1. The van der Waals surface area contributed by atoms with E-state index < -0.39 is 5.97 Å². The van der Waals surface area contributed by atoms with Gasteiger partial charge in [0.25, 0.3) is 0 Å². The molecule has 0 amide bonds. The van der Waals surface area contributed by atoms with E-state index in [1.807, 2.05) is 16.9 Å². The largest absolute Gasteiger partial charge is 0.481 e. The Hall–Kier alpha value is -1.34. The Labute approximate surface area is 119 Å². The van der Waals surface area contributed by atoms with Gasteiger partial charge in [0.15, 0.2) is 5.16 Å². The summed E-state index contributed by atoms with van der Waals surface area (Å²) in [5, 5.41) is 12.4. The number of carbonyl (C=O) groups is 1. The highest BCUT2D eigenvalue weighted by Gasteiger charge is 2.29. The molecule has 0 spiro atoms. The molecule has 2 heterocycles. The first-order chi connectivity index (χ1) is 8.93. The van der Waals surface area contributed by atoms with E-state index >= 15 is 0 Å². The standard InChI is InChI=1S/C12H15N3O2S2/c1-8-6-14-11(19-7-9(16)17)15(8)12(2,3)10-13-4-5-18-10/h4-6H,7H2,1-3H3,(H,16,17). The molecule has 0 saturated carbocycles. The summed E-state index contributed by atoms with van der Waals surface area (Å²) in [6.45, 7) is 6.09. The molecule has 2 aromatic rings. The first kappa shape index (κ1) is 14.1. The van der Waals surface area contributed by atoms with Gasteiger partial charge in [-0.2, -0.15) is 0 Å². The Kier molecular flexibility index (Phi) is 3.96. The van der Waals surface area contributed by atoms with Crippen molar-refractivity contribution in [1.29, 1.82) is 0 Å². The molecule has 0 unspecified atom stereocenters. The molecule has 19 heavy (non-hydrogen) atoms. The third kappa shape index (κ3) is 2.82. The Morgan fingerprint density at radius 3 is 2.84 bits per heavy atom. The minimum Gasteiger partial charge on any atom is -0.481 e. The van der Waals surface area contributed by atoms with Crippen molar-refractivity contribution >= 4 is 29.1 Å². The van der Waals surface area contributed by atoms with Crippen LogP contribution in [-0.4, -0.2) is 31.4 Å². The molecular formula is C12H15N3O2S2. The summed E-state index contributed by atoms with van der Waals surface area (Å²) in [4.78, 5) is 19.4. The number of thiazole rings is 1. The minimum atomic E-state index is -0.843. The van der Waals surface area contributed by atoms with Crippen LogP contribution in [-0.2, 0) is 10.3 Å². The zero-order chi connectivity index (χ0) is 14.0. The molecule has 0 aliphatic rings. The van der Waals surface area contributed by atoms with Crippen molar-refractivity contribution in [3.8, 4) is 0 Å². The van der Waals surface area contributed by atoms with Crippen LogP contribution in [0.3, 0.4) is 0 Å². The fourth-order valence-electron chi connectivity index (χ4n) is 1.94. The van der Waals surface area contributed by atoms with Crippen LogP contribution >= 0.6 is 23.1 Å². The zero-order valence-corrected chi connectivity index (χ0v) is 12.6. The molecule has 2 aromatic heterocycles. The molecule has 0 fully saturated rings. The summed E-state index contributed by atoms with van der Waals surface area (Å²) >= 11 is 2.81. The van der Waals surface area contributed by atoms with Crippen LogP contribution < -0.4 is 0 Å². The highest BCUT2D eigenvalue weighted by atomic mass is 32.2. The van der Waals surface area contributed by atoms with Gasteiger partial charge >= 0.3 is 5.97 Å². The number of imidazole rings is 1.